The Morgan fingerprint density at radius 1 is 1.12 bits per heavy atom. The summed E-state index contributed by atoms with van der Waals surface area (Å²) in [7, 11) is 2.06. The number of amides is 1. The van der Waals surface area contributed by atoms with E-state index in [4.69, 9.17) is 0 Å². The summed E-state index contributed by atoms with van der Waals surface area (Å²) in [5, 5.41) is 2.36. The zero-order chi connectivity index (χ0) is 17.1. The molecule has 0 bridgehead atoms. The molecule has 6 nitrogen and oxygen atoms in total. The molecule has 0 saturated carbocycles. The van der Waals surface area contributed by atoms with E-state index in [1.165, 1.54) is 12.4 Å². The minimum absolute atomic E-state index is 0.0663. The third-order valence-corrected chi connectivity index (χ3v) is 3.88. The van der Waals surface area contributed by atoms with Crippen LogP contribution in [0.1, 0.15) is 10.5 Å². The standard InChI is InChI=1S/C16H17F2N5O/c1-22-4-6-23(7-5-22)15-10-19-14(9-20-15)16(24)21-13-3-2-11(17)8-12(13)18/h2-3,8-10H,4-7H2,1H3,(H,21,24). The van der Waals surface area contributed by atoms with Gasteiger partial charge in [-0.3, -0.25) is 4.79 Å². The second kappa shape index (κ2) is 6.88. The van der Waals surface area contributed by atoms with Gasteiger partial charge in [0.25, 0.3) is 5.91 Å². The van der Waals surface area contributed by atoms with E-state index in [0.29, 0.717) is 11.9 Å². The molecular formula is C16H17F2N5O. The summed E-state index contributed by atoms with van der Waals surface area (Å²) in [5.41, 5.74) is -0.0389. The van der Waals surface area contributed by atoms with Crippen LogP contribution in [-0.4, -0.2) is 54.0 Å². The number of piperazine rings is 1. The minimum Gasteiger partial charge on any atom is -0.353 e. The molecule has 0 spiro atoms. The molecule has 2 heterocycles. The van der Waals surface area contributed by atoms with Crippen molar-refractivity contribution in [2.75, 3.05) is 43.4 Å². The van der Waals surface area contributed by atoms with Crippen LogP contribution in [-0.2, 0) is 0 Å². The summed E-state index contributed by atoms with van der Waals surface area (Å²) in [6.07, 6.45) is 2.88. The lowest BCUT2D eigenvalue weighted by molar-refractivity contribution is 0.102. The molecule has 0 radical (unpaired) electrons. The van der Waals surface area contributed by atoms with Gasteiger partial charge < -0.3 is 15.1 Å². The molecule has 0 unspecified atom stereocenters. The van der Waals surface area contributed by atoms with E-state index in [1.807, 2.05) is 0 Å². The molecule has 0 aliphatic carbocycles. The number of likely N-dealkylation sites (N-methyl/N-ethyl adjacent to an activating group) is 1. The molecule has 1 saturated heterocycles. The van der Waals surface area contributed by atoms with Gasteiger partial charge in [-0.25, -0.2) is 18.7 Å². The lowest BCUT2D eigenvalue weighted by Crippen LogP contribution is -2.44. The number of aromatic nitrogens is 2. The highest BCUT2D eigenvalue weighted by Gasteiger charge is 2.17. The van der Waals surface area contributed by atoms with E-state index >= 15 is 0 Å². The Labute approximate surface area is 138 Å². The Balaban J connectivity index is 1.67. The largest absolute Gasteiger partial charge is 0.353 e. The van der Waals surface area contributed by atoms with E-state index in [1.54, 1.807) is 0 Å². The Bertz CT molecular complexity index is 730. The van der Waals surface area contributed by atoms with Crippen molar-refractivity contribution in [3.8, 4) is 0 Å². The number of halogens is 2. The molecule has 1 aromatic heterocycles. The highest BCUT2D eigenvalue weighted by atomic mass is 19.1. The molecule has 0 atom stereocenters. The highest BCUT2D eigenvalue weighted by Crippen LogP contribution is 2.16. The summed E-state index contributed by atoms with van der Waals surface area (Å²) < 4.78 is 26.4. The van der Waals surface area contributed by atoms with Crippen LogP contribution in [0.3, 0.4) is 0 Å². The fourth-order valence-electron chi connectivity index (χ4n) is 2.41. The predicted octanol–water partition coefficient (Wildman–Crippen LogP) is 1.76. The van der Waals surface area contributed by atoms with Crippen LogP contribution in [0.4, 0.5) is 20.3 Å². The van der Waals surface area contributed by atoms with Gasteiger partial charge in [-0.2, -0.15) is 0 Å². The van der Waals surface area contributed by atoms with E-state index in [9.17, 15) is 13.6 Å². The van der Waals surface area contributed by atoms with Gasteiger partial charge in [0.1, 0.15) is 23.1 Å². The Hall–Kier alpha value is -2.61. The van der Waals surface area contributed by atoms with Gasteiger partial charge >= 0.3 is 0 Å². The van der Waals surface area contributed by atoms with Crippen LogP contribution in [0.2, 0.25) is 0 Å². The van der Waals surface area contributed by atoms with Crippen LogP contribution in [0, 0.1) is 11.6 Å². The number of carbonyl (C=O) groups excluding carboxylic acids is 1. The number of nitrogens with one attached hydrogen (secondary N) is 1. The number of rotatable bonds is 3. The van der Waals surface area contributed by atoms with Crippen LogP contribution in [0.5, 0.6) is 0 Å². The number of anilines is 2. The van der Waals surface area contributed by atoms with Gasteiger partial charge in [-0.05, 0) is 19.2 Å². The summed E-state index contributed by atoms with van der Waals surface area (Å²) >= 11 is 0. The maximum absolute atomic E-state index is 13.6. The van der Waals surface area contributed by atoms with Crippen molar-refractivity contribution in [3.05, 3.63) is 47.9 Å². The zero-order valence-corrected chi connectivity index (χ0v) is 13.2. The molecule has 1 N–H and O–H groups in total. The van der Waals surface area contributed by atoms with Crippen molar-refractivity contribution in [3.63, 3.8) is 0 Å². The SMILES string of the molecule is CN1CCN(c2cnc(C(=O)Nc3ccc(F)cc3F)cn2)CC1. The van der Waals surface area contributed by atoms with Crippen LogP contribution in [0.15, 0.2) is 30.6 Å². The lowest BCUT2D eigenvalue weighted by Gasteiger charge is -2.32. The van der Waals surface area contributed by atoms with Crippen molar-refractivity contribution in [1.29, 1.82) is 0 Å². The van der Waals surface area contributed by atoms with Gasteiger partial charge in [-0.15, -0.1) is 0 Å². The number of benzene rings is 1. The summed E-state index contributed by atoms with van der Waals surface area (Å²) in [6.45, 7) is 3.57. The molecule has 24 heavy (non-hydrogen) atoms. The zero-order valence-electron chi connectivity index (χ0n) is 13.2. The Morgan fingerprint density at radius 3 is 2.50 bits per heavy atom. The fourth-order valence-corrected chi connectivity index (χ4v) is 2.41. The average molecular weight is 333 g/mol. The fraction of sp³-hybridized carbons (Fsp3) is 0.312. The van der Waals surface area contributed by atoms with Gasteiger partial charge in [0.2, 0.25) is 0 Å². The van der Waals surface area contributed by atoms with Gasteiger partial charge in [0, 0.05) is 32.2 Å². The molecule has 2 aromatic rings. The van der Waals surface area contributed by atoms with E-state index in [0.717, 1.165) is 38.3 Å². The third-order valence-electron chi connectivity index (χ3n) is 3.88. The van der Waals surface area contributed by atoms with E-state index in [-0.39, 0.29) is 11.4 Å². The average Bonchev–Trinajstić information content (AvgIpc) is 2.58. The number of nitrogens with zero attached hydrogens (tertiary/aromatic N) is 4. The maximum atomic E-state index is 13.6. The summed E-state index contributed by atoms with van der Waals surface area (Å²) in [6, 6.07) is 2.94. The summed E-state index contributed by atoms with van der Waals surface area (Å²) in [4.78, 5) is 24.8. The van der Waals surface area contributed by atoms with E-state index in [2.05, 4.69) is 32.1 Å². The molecule has 8 heteroatoms. The molecule has 1 aliphatic heterocycles. The smallest absolute Gasteiger partial charge is 0.275 e. The van der Waals surface area contributed by atoms with Gasteiger partial charge in [0.15, 0.2) is 0 Å². The van der Waals surface area contributed by atoms with Crippen LogP contribution < -0.4 is 10.2 Å². The van der Waals surface area contributed by atoms with Crippen molar-refractivity contribution >= 4 is 17.4 Å². The Morgan fingerprint density at radius 2 is 1.88 bits per heavy atom. The first-order chi connectivity index (χ1) is 11.5. The minimum atomic E-state index is -0.842. The monoisotopic (exact) mass is 333 g/mol. The first-order valence-electron chi connectivity index (χ1n) is 7.55. The van der Waals surface area contributed by atoms with Crippen LogP contribution >= 0.6 is 0 Å². The Kier molecular flexibility index (Phi) is 4.66. The number of hydrogen-bond donors (Lipinski definition) is 1. The topological polar surface area (TPSA) is 61.4 Å². The van der Waals surface area contributed by atoms with Gasteiger partial charge in [-0.1, -0.05) is 0 Å². The molecule has 1 aromatic carbocycles. The number of hydrogen-bond acceptors (Lipinski definition) is 5. The van der Waals surface area contributed by atoms with Crippen molar-refractivity contribution in [2.45, 2.75) is 0 Å². The first kappa shape index (κ1) is 16.3. The second-order valence-electron chi connectivity index (χ2n) is 5.63. The van der Waals surface area contributed by atoms with Gasteiger partial charge in [0.05, 0.1) is 18.1 Å². The van der Waals surface area contributed by atoms with Crippen LogP contribution in [0.25, 0.3) is 0 Å². The molecule has 1 aliphatic rings. The summed E-state index contributed by atoms with van der Waals surface area (Å²) in [5.74, 6) is -1.45. The molecule has 1 amide bonds. The first-order valence-corrected chi connectivity index (χ1v) is 7.55. The van der Waals surface area contributed by atoms with Crippen molar-refractivity contribution in [2.24, 2.45) is 0 Å². The van der Waals surface area contributed by atoms with Crippen molar-refractivity contribution < 1.29 is 13.6 Å². The third kappa shape index (κ3) is 3.65. The van der Waals surface area contributed by atoms with Crippen molar-refractivity contribution in [1.82, 2.24) is 14.9 Å². The molecule has 3 rings (SSSR count). The number of carbonyl (C=O) groups is 1. The van der Waals surface area contributed by atoms with E-state index < -0.39 is 17.5 Å². The normalized spacial score (nSPS) is 15.4. The highest BCUT2D eigenvalue weighted by molar-refractivity contribution is 6.02. The molecule has 1 fully saturated rings. The quantitative estimate of drug-likeness (QED) is 0.927. The maximum Gasteiger partial charge on any atom is 0.275 e. The predicted molar refractivity (Wildman–Crippen MR) is 86.1 cm³/mol. The lowest BCUT2D eigenvalue weighted by atomic mass is 10.3. The molecular weight excluding hydrogens is 316 g/mol. The second-order valence-corrected chi connectivity index (χ2v) is 5.63. The molecule has 126 valence electrons.